The molecule has 0 amide bonds. The first-order valence-electron chi connectivity index (χ1n) is 7.30. The Bertz CT molecular complexity index is 691. The highest BCUT2D eigenvalue weighted by Crippen LogP contribution is 2.22. The number of nitrogens with zero attached hydrogens (tertiary/aromatic N) is 2. The Kier molecular flexibility index (Phi) is 3.92. The highest BCUT2D eigenvalue weighted by molar-refractivity contribution is 6.01. The van der Waals surface area contributed by atoms with Gasteiger partial charge < -0.3 is 10.1 Å². The lowest BCUT2D eigenvalue weighted by Crippen LogP contribution is -2.17. The molecule has 0 unspecified atom stereocenters. The van der Waals surface area contributed by atoms with Crippen LogP contribution in [0.25, 0.3) is 6.08 Å². The van der Waals surface area contributed by atoms with E-state index in [1.807, 2.05) is 54.6 Å². The first-order chi connectivity index (χ1) is 10.6. The molecule has 0 radical (unpaired) electrons. The number of rotatable bonds is 4. The summed E-state index contributed by atoms with van der Waals surface area (Å²) in [5.41, 5.74) is 2.46. The van der Waals surface area contributed by atoms with Crippen molar-refractivity contribution in [1.29, 1.82) is 0 Å². The van der Waals surface area contributed by atoms with Crippen molar-refractivity contribution in [2.45, 2.75) is 19.4 Å². The average molecular weight is 293 g/mol. The molecule has 2 aromatic rings. The number of benzene rings is 1. The third-order valence-corrected chi connectivity index (χ3v) is 3.23. The van der Waals surface area contributed by atoms with E-state index in [9.17, 15) is 0 Å². The summed E-state index contributed by atoms with van der Waals surface area (Å²) in [6, 6.07) is 15.8. The molecule has 22 heavy (non-hydrogen) atoms. The molecule has 0 fully saturated rings. The van der Waals surface area contributed by atoms with Crippen LogP contribution in [-0.4, -0.2) is 23.0 Å². The molecule has 0 aliphatic carbocycles. The lowest BCUT2D eigenvalue weighted by Gasteiger charge is -2.10. The number of para-hydroxylation sites is 1. The fraction of sp³-hybridized carbons (Fsp3) is 0.222. The fourth-order valence-electron chi connectivity index (χ4n) is 2.16. The van der Waals surface area contributed by atoms with Crippen LogP contribution in [0, 0.1) is 0 Å². The summed E-state index contributed by atoms with van der Waals surface area (Å²) in [7, 11) is 0. The summed E-state index contributed by atoms with van der Waals surface area (Å²) >= 11 is 0. The maximum absolute atomic E-state index is 5.77. The van der Waals surface area contributed by atoms with Crippen molar-refractivity contribution in [2.24, 2.45) is 4.99 Å². The minimum absolute atomic E-state index is 0.198. The van der Waals surface area contributed by atoms with Crippen LogP contribution in [0.5, 0.6) is 0 Å². The molecule has 0 bridgehead atoms. The number of anilines is 1. The molecule has 1 aromatic heterocycles. The van der Waals surface area contributed by atoms with Crippen molar-refractivity contribution in [3.63, 3.8) is 0 Å². The van der Waals surface area contributed by atoms with Crippen LogP contribution in [0.2, 0.25) is 0 Å². The molecule has 1 aliphatic rings. The lowest BCUT2D eigenvalue weighted by molar-refractivity contribution is 0.279. The van der Waals surface area contributed by atoms with E-state index < -0.39 is 0 Å². The van der Waals surface area contributed by atoms with Gasteiger partial charge in [-0.3, -0.25) is 4.98 Å². The van der Waals surface area contributed by atoms with Crippen LogP contribution < -0.4 is 5.32 Å². The third kappa shape index (κ3) is 3.52. The molecular weight excluding hydrogens is 274 g/mol. The van der Waals surface area contributed by atoms with Crippen LogP contribution in [0.1, 0.15) is 19.5 Å². The summed E-state index contributed by atoms with van der Waals surface area (Å²) in [4.78, 5) is 8.99. The summed E-state index contributed by atoms with van der Waals surface area (Å²) in [5.74, 6) is 0.625. The lowest BCUT2D eigenvalue weighted by atomic mass is 10.1. The SMILES string of the molecule is CC1(C)COC(/C(=C/c2ccccn2)Nc2ccccc2)=N1. The van der Waals surface area contributed by atoms with E-state index in [1.165, 1.54) is 0 Å². The van der Waals surface area contributed by atoms with Crippen molar-refractivity contribution in [3.05, 3.63) is 66.1 Å². The van der Waals surface area contributed by atoms with Gasteiger partial charge in [-0.15, -0.1) is 0 Å². The van der Waals surface area contributed by atoms with Gasteiger partial charge in [0, 0.05) is 11.9 Å². The minimum Gasteiger partial charge on any atom is -0.474 e. The summed E-state index contributed by atoms with van der Waals surface area (Å²) < 4.78 is 5.77. The molecule has 1 aromatic carbocycles. The molecule has 112 valence electrons. The van der Waals surface area contributed by atoms with Gasteiger partial charge in [0.15, 0.2) is 0 Å². The van der Waals surface area contributed by atoms with Crippen LogP contribution in [0.4, 0.5) is 5.69 Å². The Labute approximate surface area is 130 Å². The van der Waals surface area contributed by atoms with Crippen LogP contribution in [-0.2, 0) is 4.74 Å². The normalized spacial score (nSPS) is 16.8. The maximum Gasteiger partial charge on any atom is 0.233 e. The van der Waals surface area contributed by atoms with Gasteiger partial charge in [0.05, 0.1) is 11.2 Å². The Morgan fingerprint density at radius 1 is 1.14 bits per heavy atom. The van der Waals surface area contributed by atoms with E-state index in [2.05, 4.69) is 29.1 Å². The van der Waals surface area contributed by atoms with E-state index in [0.29, 0.717) is 12.5 Å². The van der Waals surface area contributed by atoms with Crippen LogP contribution in [0.15, 0.2) is 65.4 Å². The number of hydrogen-bond donors (Lipinski definition) is 1. The fourth-order valence-corrected chi connectivity index (χ4v) is 2.16. The van der Waals surface area contributed by atoms with E-state index in [1.54, 1.807) is 6.20 Å². The van der Waals surface area contributed by atoms with E-state index >= 15 is 0 Å². The second kappa shape index (κ2) is 6.02. The van der Waals surface area contributed by atoms with Gasteiger partial charge in [-0.25, -0.2) is 4.99 Å². The number of ether oxygens (including phenoxy) is 1. The number of hydrogen-bond acceptors (Lipinski definition) is 4. The number of aromatic nitrogens is 1. The predicted molar refractivity (Wildman–Crippen MR) is 89.7 cm³/mol. The van der Waals surface area contributed by atoms with Gasteiger partial charge >= 0.3 is 0 Å². The van der Waals surface area contributed by atoms with Crippen molar-refractivity contribution in [1.82, 2.24) is 4.98 Å². The zero-order valence-corrected chi connectivity index (χ0v) is 12.8. The molecule has 0 atom stereocenters. The standard InChI is InChI=1S/C18H19N3O/c1-18(2)13-22-17(21-18)16(12-15-10-6-7-11-19-15)20-14-8-4-3-5-9-14/h3-12,20H,13H2,1-2H3/b16-12-. The number of nitrogens with one attached hydrogen (secondary N) is 1. The van der Waals surface area contributed by atoms with Gasteiger partial charge in [-0.05, 0) is 44.2 Å². The van der Waals surface area contributed by atoms with Gasteiger partial charge in [0.1, 0.15) is 12.3 Å². The second-order valence-electron chi connectivity index (χ2n) is 5.82. The molecule has 4 nitrogen and oxygen atoms in total. The highest BCUT2D eigenvalue weighted by atomic mass is 16.5. The zero-order chi connectivity index (χ0) is 15.4. The Morgan fingerprint density at radius 3 is 2.55 bits per heavy atom. The molecule has 3 rings (SSSR count). The van der Waals surface area contributed by atoms with Crippen molar-refractivity contribution in [2.75, 3.05) is 11.9 Å². The third-order valence-electron chi connectivity index (χ3n) is 3.23. The maximum atomic E-state index is 5.77. The monoisotopic (exact) mass is 293 g/mol. The Morgan fingerprint density at radius 2 is 1.91 bits per heavy atom. The quantitative estimate of drug-likeness (QED) is 0.934. The predicted octanol–water partition coefficient (Wildman–Crippen LogP) is 3.74. The minimum atomic E-state index is -0.198. The number of aliphatic imine (C=N–C) groups is 1. The van der Waals surface area contributed by atoms with Crippen molar-refractivity contribution < 1.29 is 4.74 Å². The van der Waals surface area contributed by atoms with Crippen LogP contribution in [0.3, 0.4) is 0 Å². The van der Waals surface area contributed by atoms with Gasteiger partial charge in [0.2, 0.25) is 5.90 Å². The first kappa shape index (κ1) is 14.3. The second-order valence-corrected chi connectivity index (χ2v) is 5.82. The van der Waals surface area contributed by atoms with E-state index in [0.717, 1.165) is 17.1 Å². The number of pyridine rings is 1. The van der Waals surface area contributed by atoms with Gasteiger partial charge in [-0.2, -0.15) is 0 Å². The Balaban J connectivity index is 1.94. The zero-order valence-electron chi connectivity index (χ0n) is 12.8. The topological polar surface area (TPSA) is 46.5 Å². The van der Waals surface area contributed by atoms with E-state index in [-0.39, 0.29) is 5.54 Å². The summed E-state index contributed by atoms with van der Waals surface area (Å²) in [6.45, 7) is 4.69. The summed E-state index contributed by atoms with van der Waals surface area (Å²) in [5, 5.41) is 3.37. The van der Waals surface area contributed by atoms with E-state index in [4.69, 9.17) is 4.74 Å². The highest BCUT2D eigenvalue weighted by Gasteiger charge is 2.28. The van der Waals surface area contributed by atoms with Crippen molar-refractivity contribution >= 4 is 17.7 Å². The molecule has 2 heterocycles. The molecular formula is C18H19N3O. The molecule has 0 saturated carbocycles. The average Bonchev–Trinajstić information content (AvgIpc) is 2.89. The molecule has 0 spiro atoms. The largest absolute Gasteiger partial charge is 0.474 e. The van der Waals surface area contributed by atoms with Gasteiger partial charge in [0.25, 0.3) is 0 Å². The van der Waals surface area contributed by atoms with Gasteiger partial charge in [-0.1, -0.05) is 24.3 Å². The Hall–Kier alpha value is -2.62. The summed E-state index contributed by atoms with van der Waals surface area (Å²) in [6.07, 6.45) is 3.72. The van der Waals surface area contributed by atoms with Crippen molar-refractivity contribution in [3.8, 4) is 0 Å². The molecule has 1 N–H and O–H groups in total. The molecule has 0 saturated heterocycles. The smallest absolute Gasteiger partial charge is 0.233 e. The molecule has 1 aliphatic heterocycles. The first-order valence-corrected chi connectivity index (χ1v) is 7.30. The van der Waals surface area contributed by atoms with Crippen LogP contribution >= 0.6 is 0 Å². The molecule has 4 heteroatoms.